The Bertz CT molecular complexity index is 1190. The van der Waals surface area contributed by atoms with Gasteiger partial charge in [-0.25, -0.2) is 4.79 Å². The van der Waals surface area contributed by atoms with Crippen molar-refractivity contribution in [2.45, 2.75) is 18.8 Å². The molecule has 6 heteroatoms. The maximum Gasteiger partial charge on any atom is 0.337 e. The average Bonchev–Trinajstić information content (AvgIpc) is 2.88. The number of para-hydroxylation sites is 2. The standard InChI is InChI=1S/C28H25ClN2O2.ClH/c1-33-28(32)21-14-12-20(13-15-21)22-16-23(18-30-25-8-4-2-5-9-25)27(29)24(17-22)19-31-26-10-6-3-7-11-26;/h2-15,18-19,22,30H,16-17H2,1H3;1H/b23-18+,31-19?;. The number of allylic oxidation sites excluding steroid dienone is 3. The molecule has 0 heterocycles. The lowest BCUT2D eigenvalue weighted by atomic mass is 9.81. The van der Waals surface area contributed by atoms with Gasteiger partial charge in [0.1, 0.15) is 0 Å². The molecule has 0 saturated carbocycles. The highest BCUT2D eigenvalue weighted by Gasteiger charge is 2.25. The van der Waals surface area contributed by atoms with Crippen molar-refractivity contribution in [3.05, 3.63) is 118 Å². The van der Waals surface area contributed by atoms with E-state index in [2.05, 4.69) is 10.3 Å². The topological polar surface area (TPSA) is 50.7 Å². The molecule has 1 N–H and O–H groups in total. The molecule has 3 aromatic carbocycles. The van der Waals surface area contributed by atoms with E-state index >= 15 is 0 Å². The van der Waals surface area contributed by atoms with E-state index in [4.69, 9.17) is 16.3 Å². The van der Waals surface area contributed by atoms with Crippen molar-refractivity contribution in [1.29, 1.82) is 0 Å². The Hall–Kier alpha value is -3.34. The van der Waals surface area contributed by atoms with Crippen LogP contribution in [0.5, 0.6) is 0 Å². The number of hydrogen-bond donors (Lipinski definition) is 1. The van der Waals surface area contributed by atoms with Gasteiger partial charge in [-0.15, -0.1) is 12.4 Å². The predicted molar refractivity (Wildman–Crippen MR) is 143 cm³/mol. The second-order valence-corrected chi connectivity index (χ2v) is 8.21. The van der Waals surface area contributed by atoms with E-state index in [0.717, 1.165) is 46.0 Å². The third kappa shape index (κ3) is 6.37. The maximum absolute atomic E-state index is 11.8. The lowest BCUT2D eigenvalue weighted by Crippen LogP contribution is -2.12. The van der Waals surface area contributed by atoms with Crippen LogP contribution in [0.3, 0.4) is 0 Å². The van der Waals surface area contributed by atoms with Gasteiger partial charge in [-0.1, -0.05) is 60.1 Å². The number of rotatable bonds is 6. The van der Waals surface area contributed by atoms with Gasteiger partial charge in [0.2, 0.25) is 0 Å². The summed E-state index contributed by atoms with van der Waals surface area (Å²) >= 11 is 6.84. The third-order valence-electron chi connectivity index (χ3n) is 5.61. The fourth-order valence-electron chi connectivity index (χ4n) is 3.84. The molecular weight excluding hydrogens is 467 g/mol. The highest BCUT2D eigenvalue weighted by Crippen LogP contribution is 2.41. The second-order valence-electron chi connectivity index (χ2n) is 7.83. The number of aliphatic imine (C=N–C) groups is 1. The van der Waals surface area contributed by atoms with Gasteiger partial charge in [0.05, 0.1) is 18.4 Å². The van der Waals surface area contributed by atoms with E-state index in [1.54, 1.807) is 0 Å². The Morgan fingerprint density at radius 2 is 1.62 bits per heavy atom. The monoisotopic (exact) mass is 492 g/mol. The summed E-state index contributed by atoms with van der Waals surface area (Å²) in [6, 6.07) is 27.4. The Labute approximate surface area is 211 Å². The zero-order valence-corrected chi connectivity index (χ0v) is 20.4. The summed E-state index contributed by atoms with van der Waals surface area (Å²) < 4.78 is 4.82. The number of carbonyl (C=O) groups is 1. The van der Waals surface area contributed by atoms with E-state index in [1.165, 1.54) is 7.11 Å². The van der Waals surface area contributed by atoms with Crippen LogP contribution in [0.25, 0.3) is 0 Å². The number of nitrogens with one attached hydrogen (secondary N) is 1. The van der Waals surface area contributed by atoms with Gasteiger partial charge in [-0.2, -0.15) is 0 Å². The number of anilines is 1. The number of nitrogens with zero attached hydrogens (tertiary/aromatic N) is 1. The molecule has 1 unspecified atom stereocenters. The summed E-state index contributed by atoms with van der Waals surface area (Å²) in [6.45, 7) is 0. The first-order valence-electron chi connectivity index (χ1n) is 10.8. The van der Waals surface area contributed by atoms with E-state index in [9.17, 15) is 4.79 Å². The number of halogens is 2. The molecular formula is C28H26Cl2N2O2. The molecule has 0 bridgehead atoms. The van der Waals surface area contributed by atoms with Crippen LogP contribution >= 0.6 is 24.0 Å². The first kappa shape index (κ1) is 25.3. The number of hydrogen-bond acceptors (Lipinski definition) is 4. The van der Waals surface area contributed by atoms with E-state index in [-0.39, 0.29) is 24.3 Å². The normalized spacial score (nSPS) is 16.9. The quantitative estimate of drug-likeness (QED) is 0.283. The van der Waals surface area contributed by atoms with Crippen molar-refractivity contribution in [3.63, 3.8) is 0 Å². The van der Waals surface area contributed by atoms with Crippen molar-refractivity contribution >= 4 is 47.6 Å². The number of carbonyl (C=O) groups excluding carboxylic acids is 1. The Balaban J connectivity index is 0.00000324. The lowest BCUT2D eigenvalue weighted by Gasteiger charge is -2.26. The van der Waals surface area contributed by atoms with Crippen LogP contribution < -0.4 is 5.32 Å². The molecule has 3 aromatic rings. The molecule has 0 spiro atoms. The van der Waals surface area contributed by atoms with Crippen LogP contribution in [0, 0.1) is 0 Å². The summed E-state index contributed by atoms with van der Waals surface area (Å²) in [6.07, 6.45) is 5.38. The van der Waals surface area contributed by atoms with Gasteiger partial charge < -0.3 is 10.1 Å². The van der Waals surface area contributed by atoms with E-state index in [1.807, 2.05) is 97.3 Å². The van der Waals surface area contributed by atoms with Crippen molar-refractivity contribution < 1.29 is 9.53 Å². The summed E-state index contributed by atoms with van der Waals surface area (Å²) in [5.41, 5.74) is 5.56. The van der Waals surface area contributed by atoms with Crippen molar-refractivity contribution in [1.82, 2.24) is 0 Å². The fraction of sp³-hybridized carbons (Fsp3) is 0.143. The Kier molecular flexibility index (Phi) is 9.08. The molecule has 174 valence electrons. The van der Waals surface area contributed by atoms with Crippen molar-refractivity contribution in [3.8, 4) is 0 Å². The molecule has 0 saturated heterocycles. The molecule has 0 amide bonds. The number of methoxy groups -OCH3 is 1. The van der Waals surface area contributed by atoms with Gasteiger partial charge in [0, 0.05) is 23.1 Å². The largest absolute Gasteiger partial charge is 0.465 e. The second kappa shape index (κ2) is 12.2. The van der Waals surface area contributed by atoms with Crippen molar-refractivity contribution in [2.75, 3.05) is 12.4 Å². The number of esters is 1. The summed E-state index contributed by atoms with van der Waals surface area (Å²) in [7, 11) is 1.39. The first-order chi connectivity index (χ1) is 16.1. The molecule has 0 aliphatic heterocycles. The summed E-state index contributed by atoms with van der Waals surface area (Å²) in [5.74, 6) is -0.128. The van der Waals surface area contributed by atoms with Gasteiger partial charge in [-0.05, 0) is 71.9 Å². The molecule has 1 aliphatic rings. The molecule has 1 aliphatic carbocycles. The smallest absolute Gasteiger partial charge is 0.337 e. The molecule has 34 heavy (non-hydrogen) atoms. The predicted octanol–water partition coefficient (Wildman–Crippen LogP) is 7.66. The van der Waals surface area contributed by atoms with Crippen LogP contribution in [0.1, 0.15) is 34.7 Å². The molecule has 0 aromatic heterocycles. The molecule has 0 radical (unpaired) electrons. The van der Waals surface area contributed by atoms with E-state index in [0.29, 0.717) is 5.56 Å². The van der Waals surface area contributed by atoms with Gasteiger partial charge in [-0.3, -0.25) is 4.99 Å². The van der Waals surface area contributed by atoms with Gasteiger partial charge in [0.15, 0.2) is 0 Å². The zero-order valence-electron chi connectivity index (χ0n) is 18.8. The number of benzene rings is 3. The molecule has 0 fully saturated rings. The number of ether oxygens (including phenoxy) is 1. The van der Waals surface area contributed by atoms with Crippen LogP contribution in [0.2, 0.25) is 0 Å². The third-order valence-corrected chi connectivity index (χ3v) is 6.10. The van der Waals surface area contributed by atoms with Gasteiger partial charge in [0.25, 0.3) is 0 Å². The zero-order chi connectivity index (χ0) is 23.0. The minimum atomic E-state index is -0.337. The van der Waals surface area contributed by atoms with Crippen LogP contribution in [-0.2, 0) is 4.74 Å². The fourth-order valence-corrected chi connectivity index (χ4v) is 4.09. The minimum Gasteiger partial charge on any atom is -0.465 e. The highest BCUT2D eigenvalue weighted by molar-refractivity contribution is 6.34. The molecule has 4 rings (SSSR count). The minimum absolute atomic E-state index is 0. The van der Waals surface area contributed by atoms with Crippen LogP contribution in [0.4, 0.5) is 11.4 Å². The van der Waals surface area contributed by atoms with E-state index < -0.39 is 0 Å². The molecule has 1 atom stereocenters. The lowest BCUT2D eigenvalue weighted by molar-refractivity contribution is 0.0600. The van der Waals surface area contributed by atoms with Gasteiger partial charge >= 0.3 is 5.97 Å². The first-order valence-corrected chi connectivity index (χ1v) is 11.2. The van der Waals surface area contributed by atoms with Crippen LogP contribution in [0.15, 0.2) is 112 Å². The van der Waals surface area contributed by atoms with Crippen LogP contribution in [-0.4, -0.2) is 19.3 Å². The van der Waals surface area contributed by atoms with Crippen molar-refractivity contribution in [2.24, 2.45) is 4.99 Å². The summed E-state index contributed by atoms with van der Waals surface area (Å²) in [4.78, 5) is 16.4. The SMILES string of the molecule is COC(=O)c1ccc(C2CC(C=Nc3ccccc3)=C(Cl)/C(=C/Nc3ccccc3)C2)cc1.Cl. The Morgan fingerprint density at radius 1 is 0.971 bits per heavy atom. The Morgan fingerprint density at radius 3 is 2.26 bits per heavy atom. The molecule has 4 nitrogen and oxygen atoms in total. The highest BCUT2D eigenvalue weighted by atomic mass is 35.5. The average molecular weight is 493 g/mol. The summed E-state index contributed by atoms with van der Waals surface area (Å²) in [5, 5.41) is 4.08. The maximum atomic E-state index is 11.8.